The maximum absolute atomic E-state index is 13.0. The van der Waals surface area contributed by atoms with Gasteiger partial charge >= 0.3 is 6.03 Å². The van der Waals surface area contributed by atoms with E-state index in [2.05, 4.69) is 10.2 Å². The zero-order chi connectivity index (χ0) is 17.1. The van der Waals surface area contributed by atoms with Crippen molar-refractivity contribution in [3.05, 3.63) is 35.6 Å². The summed E-state index contributed by atoms with van der Waals surface area (Å²) in [7, 11) is 1.69. The van der Waals surface area contributed by atoms with Crippen LogP contribution >= 0.6 is 0 Å². The molecule has 2 aliphatic heterocycles. The first-order valence-electron chi connectivity index (χ1n) is 8.30. The van der Waals surface area contributed by atoms with Crippen LogP contribution in [0.4, 0.5) is 9.18 Å². The van der Waals surface area contributed by atoms with Gasteiger partial charge in [0.1, 0.15) is 11.9 Å². The van der Waals surface area contributed by atoms with E-state index in [-0.39, 0.29) is 17.8 Å². The lowest BCUT2D eigenvalue weighted by Crippen LogP contribution is -2.46. The van der Waals surface area contributed by atoms with Crippen LogP contribution in [-0.2, 0) is 11.3 Å². The number of hydrogen-bond acceptors (Lipinski definition) is 3. The van der Waals surface area contributed by atoms with Crippen molar-refractivity contribution < 1.29 is 14.0 Å². The predicted molar refractivity (Wildman–Crippen MR) is 87.8 cm³/mol. The van der Waals surface area contributed by atoms with Crippen molar-refractivity contribution in [3.63, 3.8) is 0 Å². The van der Waals surface area contributed by atoms with Crippen LogP contribution in [0.5, 0.6) is 0 Å². The van der Waals surface area contributed by atoms with Crippen LogP contribution < -0.4 is 5.32 Å². The summed E-state index contributed by atoms with van der Waals surface area (Å²) in [6.07, 6.45) is 0.892. The molecule has 7 heteroatoms. The first kappa shape index (κ1) is 16.7. The normalized spacial score (nSPS) is 22.4. The summed E-state index contributed by atoms with van der Waals surface area (Å²) < 4.78 is 13.0. The minimum Gasteiger partial charge on any atom is -0.340 e. The standard InChI is InChI=1S/C17H23FN4O2/c1-20-12-15(19-17(20)24)16(23)22-8-2-7-21(9-10-22)11-13-3-5-14(18)6-4-13/h3-6,15H,2,7-12H2,1H3,(H,19,24). The van der Waals surface area contributed by atoms with Gasteiger partial charge < -0.3 is 15.1 Å². The van der Waals surface area contributed by atoms with Crippen molar-refractivity contribution in [2.45, 2.75) is 19.0 Å². The van der Waals surface area contributed by atoms with Gasteiger partial charge in [0.25, 0.3) is 0 Å². The van der Waals surface area contributed by atoms with Gasteiger partial charge in [-0.15, -0.1) is 0 Å². The molecule has 0 aliphatic carbocycles. The van der Waals surface area contributed by atoms with Crippen LogP contribution in [0.15, 0.2) is 24.3 Å². The fraction of sp³-hybridized carbons (Fsp3) is 0.529. The third-order valence-corrected chi connectivity index (χ3v) is 4.62. The van der Waals surface area contributed by atoms with Gasteiger partial charge in [0, 0.05) is 39.8 Å². The minimum absolute atomic E-state index is 0.00340. The van der Waals surface area contributed by atoms with Crippen molar-refractivity contribution >= 4 is 11.9 Å². The van der Waals surface area contributed by atoms with E-state index in [1.54, 1.807) is 19.2 Å². The number of amides is 3. The summed E-state index contributed by atoms with van der Waals surface area (Å²) in [5, 5.41) is 2.72. The fourth-order valence-electron chi connectivity index (χ4n) is 3.22. The molecule has 1 aromatic rings. The number of benzene rings is 1. The monoisotopic (exact) mass is 334 g/mol. The number of carbonyl (C=O) groups is 2. The van der Waals surface area contributed by atoms with E-state index in [1.165, 1.54) is 17.0 Å². The van der Waals surface area contributed by atoms with Crippen LogP contribution in [0.1, 0.15) is 12.0 Å². The summed E-state index contributed by atoms with van der Waals surface area (Å²) in [6, 6.07) is 5.91. The quantitative estimate of drug-likeness (QED) is 0.893. The molecule has 0 aromatic heterocycles. The Morgan fingerprint density at radius 1 is 1.21 bits per heavy atom. The Labute approximate surface area is 141 Å². The average Bonchev–Trinajstić information content (AvgIpc) is 2.77. The molecule has 1 N–H and O–H groups in total. The minimum atomic E-state index is -0.439. The van der Waals surface area contributed by atoms with Gasteiger partial charge in [-0.3, -0.25) is 9.69 Å². The third kappa shape index (κ3) is 3.84. The Balaban J connectivity index is 1.54. The van der Waals surface area contributed by atoms with E-state index in [4.69, 9.17) is 0 Å². The second kappa shape index (κ2) is 7.17. The third-order valence-electron chi connectivity index (χ3n) is 4.62. The Morgan fingerprint density at radius 3 is 2.62 bits per heavy atom. The zero-order valence-electron chi connectivity index (χ0n) is 13.9. The molecular weight excluding hydrogens is 311 g/mol. The zero-order valence-corrected chi connectivity index (χ0v) is 13.9. The lowest BCUT2D eigenvalue weighted by Gasteiger charge is -2.24. The molecule has 0 radical (unpaired) electrons. The number of urea groups is 1. The van der Waals surface area contributed by atoms with Gasteiger partial charge in [0.2, 0.25) is 5.91 Å². The van der Waals surface area contributed by atoms with E-state index in [9.17, 15) is 14.0 Å². The smallest absolute Gasteiger partial charge is 0.317 e. The molecule has 2 aliphatic rings. The maximum atomic E-state index is 13.0. The summed E-state index contributed by atoms with van der Waals surface area (Å²) in [5.74, 6) is -0.230. The van der Waals surface area contributed by atoms with Crippen LogP contribution in [0, 0.1) is 5.82 Å². The first-order valence-corrected chi connectivity index (χ1v) is 8.30. The molecule has 130 valence electrons. The highest BCUT2D eigenvalue weighted by Crippen LogP contribution is 2.12. The lowest BCUT2D eigenvalue weighted by molar-refractivity contribution is -0.132. The van der Waals surface area contributed by atoms with E-state index in [1.807, 2.05) is 4.90 Å². The molecule has 2 saturated heterocycles. The summed E-state index contributed by atoms with van der Waals surface area (Å²) in [6.45, 7) is 4.21. The van der Waals surface area contributed by atoms with Gasteiger partial charge in [-0.2, -0.15) is 0 Å². The fourth-order valence-corrected chi connectivity index (χ4v) is 3.22. The number of nitrogens with one attached hydrogen (secondary N) is 1. The van der Waals surface area contributed by atoms with Crippen molar-refractivity contribution in [1.29, 1.82) is 0 Å². The second-order valence-electron chi connectivity index (χ2n) is 6.46. The molecule has 1 unspecified atom stereocenters. The second-order valence-corrected chi connectivity index (χ2v) is 6.46. The van der Waals surface area contributed by atoms with E-state index in [0.717, 1.165) is 31.6 Å². The highest BCUT2D eigenvalue weighted by atomic mass is 19.1. The van der Waals surface area contributed by atoms with E-state index < -0.39 is 6.04 Å². The molecule has 1 atom stereocenters. The number of hydrogen-bond donors (Lipinski definition) is 1. The van der Waals surface area contributed by atoms with E-state index >= 15 is 0 Å². The van der Waals surface area contributed by atoms with Gasteiger partial charge in [-0.1, -0.05) is 12.1 Å². The van der Waals surface area contributed by atoms with Gasteiger partial charge in [0.15, 0.2) is 0 Å². The number of rotatable bonds is 3. The Bertz CT molecular complexity index is 607. The Morgan fingerprint density at radius 2 is 1.96 bits per heavy atom. The molecular formula is C17H23FN4O2. The van der Waals surface area contributed by atoms with Gasteiger partial charge in [-0.25, -0.2) is 9.18 Å². The topological polar surface area (TPSA) is 55.9 Å². The molecule has 1 aromatic carbocycles. The van der Waals surface area contributed by atoms with Crippen molar-refractivity contribution in [2.75, 3.05) is 39.8 Å². The van der Waals surface area contributed by atoms with Crippen LogP contribution in [0.3, 0.4) is 0 Å². The molecule has 0 saturated carbocycles. The Kier molecular flexibility index (Phi) is 4.99. The molecule has 2 heterocycles. The Hall–Kier alpha value is -2.15. The van der Waals surface area contributed by atoms with Gasteiger partial charge in [-0.05, 0) is 24.1 Å². The summed E-state index contributed by atoms with van der Waals surface area (Å²) in [4.78, 5) is 29.7. The highest BCUT2D eigenvalue weighted by Gasteiger charge is 2.34. The molecule has 2 fully saturated rings. The largest absolute Gasteiger partial charge is 0.340 e. The number of likely N-dealkylation sites (N-methyl/N-ethyl adjacent to an activating group) is 1. The molecule has 6 nitrogen and oxygen atoms in total. The average molecular weight is 334 g/mol. The van der Waals surface area contributed by atoms with Crippen molar-refractivity contribution in [2.24, 2.45) is 0 Å². The summed E-state index contributed by atoms with van der Waals surface area (Å²) in [5.41, 5.74) is 1.07. The molecule has 24 heavy (non-hydrogen) atoms. The van der Waals surface area contributed by atoms with Crippen LogP contribution in [-0.4, -0.2) is 72.5 Å². The van der Waals surface area contributed by atoms with Crippen LogP contribution in [0.25, 0.3) is 0 Å². The first-order chi connectivity index (χ1) is 11.5. The molecule has 3 rings (SSSR count). The number of carbonyl (C=O) groups excluding carboxylic acids is 2. The molecule has 0 bridgehead atoms. The van der Waals surface area contributed by atoms with E-state index in [0.29, 0.717) is 19.6 Å². The highest BCUT2D eigenvalue weighted by molar-refractivity contribution is 5.90. The summed E-state index contributed by atoms with van der Waals surface area (Å²) >= 11 is 0. The van der Waals surface area contributed by atoms with Crippen molar-refractivity contribution in [1.82, 2.24) is 20.0 Å². The SMILES string of the molecule is CN1CC(C(=O)N2CCCN(Cc3ccc(F)cc3)CC2)NC1=O. The maximum Gasteiger partial charge on any atom is 0.317 e. The lowest BCUT2D eigenvalue weighted by atomic mass is 10.2. The molecule has 0 spiro atoms. The number of halogens is 1. The van der Waals surface area contributed by atoms with Crippen molar-refractivity contribution in [3.8, 4) is 0 Å². The molecule has 3 amide bonds. The van der Waals surface area contributed by atoms with Gasteiger partial charge in [0.05, 0.1) is 6.54 Å². The van der Waals surface area contributed by atoms with Crippen LogP contribution in [0.2, 0.25) is 0 Å². The number of nitrogens with zero attached hydrogens (tertiary/aromatic N) is 3. The predicted octanol–water partition coefficient (Wildman–Crippen LogP) is 0.884.